The molecule has 1 amide bonds. The molecule has 1 aliphatic rings. The van der Waals surface area contributed by atoms with Gasteiger partial charge in [-0.15, -0.1) is 0 Å². The van der Waals surface area contributed by atoms with Crippen LogP contribution in [-0.2, 0) is 0 Å². The maximum Gasteiger partial charge on any atom is 0.254 e. The zero-order valence-corrected chi connectivity index (χ0v) is 12.6. The number of benzene rings is 1. The lowest BCUT2D eigenvalue weighted by Crippen LogP contribution is -2.48. The first kappa shape index (κ1) is 14.5. The normalized spacial score (nSPS) is 14.5. The van der Waals surface area contributed by atoms with Gasteiger partial charge in [0.05, 0.1) is 5.92 Å². The highest BCUT2D eigenvalue weighted by atomic mass is 19.1. The van der Waals surface area contributed by atoms with Crippen molar-refractivity contribution in [3.8, 4) is 11.4 Å². The molecule has 0 atom stereocenters. The van der Waals surface area contributed by atoms with Gasteiger partial charge in [-0.2, -0.15) is 4.98 Å². The van der Waals surface area contributed by atoms with Gasteiger partial charge in [0.1, 0.15) is 5.82 Å². The fourth-order valence-corrected chi connectivity index (χ4v) is 2.62. The molecule has 0 saturated carbocycles. The average molecular weight is 324 g/mol. The highest BCUT2D eigenvalue weighted by Crippen LogP contribution is 2.28. The van der Waals surface area contributed by atoms with Crippen LogP contribution in [0.5, 0.6) is 0 Å². The molecule has 1 aliphatic heterocycles. The van der Waals surface area contributed by atoms with E-state index in [1.54, 1.807) is 35.5 Å². The molecule has 2 aromatic heterocycles. The highest BCUT2D eigenvalue weighted by Gasteiger charge is 2.36. The summed E-state index contributed by atoms with van der Waals surface area (Å²) in [7, 11) is 0. The number of amides is 1. The number of hydrogen-bond acceptors (Lipinski definition) is 5. The van der Waals surface area contributed by atoms with Gasteiger partial charge in [0.15, 0.2) is 0 Å². The fourth-order valence-electron chi connectivity index (χ4n) is 2.62. The third-order valence-electron chi connectivity index (χ3n) is 3.97. The average Bonchev–Trinajstić information content (AvgIpc) is 3.04. The van der Waals surface area contributed by atoms with Gasteiger partial charge in [0.2, 0.25) is 11.7 Å². The van der Waals surface area contributed by atoms with Crippen LogP contribution in [0.4, 0.5) is 4.39 Å². The van der Waals surface area contributed by atoms with E-state index < -0.39 is 5.82 Å². The number of likely N-dealkylation sites (tertiary alicyclic amines) is 1. The Balaban J connectivity index is 1.43. The van der Waals surface area contributed by atoms with Crippen molar-refractivity contribution in [3.05, 3.63) is 66.1 Å². The summed E-state index contributed by atoms with van der Waals surface area (Å²) in [6, 6.07) is 9.29. The molecular formula is C17H13FN4O2. The SMILES string of the molecule is O=C(c1cccc(F)c1)N1CC(c2nc(-c3ccncc3)no2)C1. The first-order chi connectivity index (χ1) is 11.7. The number of pyridine rings is 1. The van der Waals surface area contributed by atoms with Crippen molar-refractivity contribution in [2.75, 3.05) is 13.1 Å². The molecule has 3 heterocycles. The zero-order chi connectivity index (χ0) is 16.5. The van der Waals surface area contributed by atoms with E-state index in [9.17, 15) is 9.18 Å². The first-order valence-corrected chi connectivity index (χ1v) is 7.49. The minimum atomic E-state index is -0.420. The van der Waals surface area contributed by atoms with Gasteiger partial charge in [-0.1, -0.05) is 11.2 Å². The van der Waals surface area contributed by atoms with Gasteiger partial charge in [-0.05, 0) is 30.3 Å². The maximum atomic E-state index is 13.2. The summed E-state index contributed by atoms with van der Waals surface area (Å²) in [5.74, 6) is 0.398. The number of carbonyl (C=O) groups excluding carboxylic acids is 1. The lowest BCUT2D eigenvalue weighted by molar-refractivity contribution is 0.0568. The van der Waals surface area contributed by atoms with Crippen LogP contribution in [-0.4, -0.2) is 39.0 Å². The summed E-state index contributed by atoms with van der Waals surface area (Å²) in [4.78, 5) is 22.2. The minimum Gasteiger partial charge on any atom is -0.339 e. The summed E-state index contributed by atoms with van der Waals surface area (Å²) >= 11 is 0. The molecule has 3 aromatic rings. The summed E-state index contributed by atoms with van der Waals surface area (Å²) in [6.07, 6.45) is 3.32. The summed E-state index contributed by atoms with van der Waals surface area (Å²) in [5.41, 5.74) is 1.17. The van der Waals surface area contributed by atoms with Gasteiger partial charge in [0, 0.05) is 36.6 Å². The molecule has 0 bridgehead atoms. The monoisotopic (exact) mass is 324 g/mol. The molecule has 120 valence electrons. The molecule has 1 aromatic carbocycles. The molecule has 0 unspecified atom stereocenters. The van der Waals surface area contributed by atoms with E-state index in [1.807, 2.05) is 0 Å². The predicted molar refractivity (Wildman–Crippen MR) is 82.6 cm³/mol. The van der Waals surface area contributed by atoms with Gasteiger partial charge in [0.25, 0.3) is 5.91 Å². The number of aromatic nitrogens is 3. The Morgan fingerprint density at radius 1 is 1.21 bits per heavy atom. The first-order valence-electron chi connectivity index (χ1n) is 7.49. The Bertz CT molecular complexity index is 875. The summed E-state index contributed by atoms with van der Waals surface area (Å²) in [5, 5.41) is 3.96. The summed E-state index contributed by atoms with van der Waals surface area (Å²) < 4.78 is 18.5. The van der Waals surface area contributed by atoms with Crippen LogP contribution >= 0.6 is 0 Å². The Kier molecular flexibility index (Phi) is 3.53. The maximum absolute atomic E-state index is 13.2. The van der Waals surface area contributed by atoms with E-state index in [1.165, 1.54) is 18.2 Å². The molecule has 0 N–H and O–H groups in total. The van der Waals surface area contributed by atoms with Crippen LogP contribution in [0.3, 0.4) is 0 Å². The molecule has 24 heavy (non-hydrogen) atoms. The number of carbonyl (C=O) groups is 1. The largest absolute Gasteiger partial charge is 0.339 e. The number of rotatable bonds is 3. The molecule has 4 rings (SSSR count). The Morgan fingerprint density at radius 3 is 2.75 bits per heavy atom. The van der Waals surface area contributed by atoms with Crippen LogP contribution < -0.4 is 0 Å². The van der Waals surface area contributed by atoms with E-state index in [-0.39, 0.29) is 11.8 Å². The molecule has 1 saturated heterocycles. The van der Waals surface area contributed by atoms with Crippen molar-refractivity contribution in [2.45, 2.75) is 5.92 Å². The smallest absolute Gasteiger partial charge is 0.254 e. The van der Waals surface area contributed by atoms with E-state index in [2.05, 4.69) is 15.1 Å². The van der Waals surface area contributed by atoms with Crippen LogP contribution in [0.1, 0.15) is 22.2 Å². The van der Waals surface area contributed by atoms with Crippen LogP contribution in [0.15, 0.2) is 53.3 Å². The van der Waals surface area contributed by atoms with Crippen molar-refractivity contribution < 1.29 is 13.7 Å². The molecule has 6 nitrogen and oxygen atoms in total. The Morgan fingerprint density at radius 2 is 2.00 bits per heavy atom. The third-order valence-corrected chi connectivity index (χ3v) is 3.97. The van der Waals surface area contributed by atoms with Gasteiger partial charge in [-0.25, -0.2) is 4.39 Å². The lowest BCUT2D eigenvalue weighted by Gasteiger charge is -2.37. The highest BCUT2D eigenvalue weighted by molar-refractivity contribution is 5.94. The molecular weight excluding hydrogens is 311 g/mol. The molecule has 0 spiro atoms. The van der Waals surface area contributed by atoms with Crippen molar-refractivity contribution in [1.82, 2.24) is 20.0 Å². The van der Waals surface area contributed by atoms with Crippen molar-refractivity contribution >= 4 is 5.91 Å². The standard InChI is InChI=1S/C17H13FN4O2/c18-14-3-1-2-12(8-14)17(23)22-9-13(10-22)16-20-15(21-24-16)11-4-6-19-7-5-11/h1-8,13H,9-10H2. The second kappa shape index (κ2) is 5.84. The molecule has 0 radical (unpaired) electrons. The van der Waals surface area contributed by atoms with Crippen molar-refractivity contribution in [3.63, 3.8) is 0 Å². The second-order valence-electron chi connectivity index (χ2n) is 5.61. The van der Waals surface area contributed by atoms with E-state index in [4.69, 9.17) is 4.52 Å². The Hall–Kier alpha value is -3.09. The summed E-state index contributed by atoms with van der Waals surface area (Å²) in [6.45, 7) is 0.959. The topological polar surface area (TPSA) is 72.1 Å². The quantitative estimate of drug-likeness (QED) is 0.740. The Labute approximate surface area is 136 Å². The molecule has 0 aliphatic carbocycles. The van der Waals surface area contributed by atoms with Gasteiger partial charge in [-0.3, -0.25) is 9.78 Å². The van der Waals surface area contributed by atoms with Crippen molar-refractivity contribution in [1.29, 1.82) is 0 Å². The fraction of sp³-hybridized carbons (Fsp3) is 0.176. The number of nitrogens with zero attached hydrogens (tertiary/aromatic N) is 4. The van der Waals surface area contributed by atoms with Crippen LogP contribution in [0.2, 0.25) is 0 Å². The van der Waals surface area contributed by atoms with Gasteiger partial charge >= 0.3 is 0 Å². The van der Waals surface area contributed by atoms with Crippen LogP contribution in [0.25, 0.3) is 11.4 Å². The van der Waals surface area contributed by atoms with Crippen molar-refractivity contribution in [2.24, 2.45) is 0 Å². The lowest BCUT2D eigenvalue weighted by atomic mass is 9.98. The number of hydrogen-bond donors (Lipinski definition) is 0. The minimum absolute atomic E-state index is 0.00518. The van der Waals surface area contributed by atoms with E-state index >= 15 is 0 Å². The second-order valence-corrected chi connectivity index (χ2v) is 5.61. The molecule has 1 fully saturated rings. The van der Waals surface area contributed by atoms with Gasteiger partial charge < -0.3 is 9.42 Å². The predicted octanol–water partition coefficient (Wildman–Crippen LogP) is 2.51. The third kappa shape index (κ3) is 2.64. The van der Waals surface area contributed by atoms with E-state index in [0.717, 1.165) is 5.56 Å². The van der Waals surface area contributed by atoms with E-state index in [0.29, 0.717) is 30.4 Å². The van der Waals surface area contributed by atoms with Crippen LogP contribution in [0, 0.1) is 5.82 Å². The zero-order valence-electron chi connectivity index (χ0n) is 12.6. The molecule has 7 heteroatoms. The number of halogens is 1.